The van der Waals surface area contributed by atoms with Gasteiger partial charge in [0.1, 0.15) is 10.8 Å². The van der Waals surface area contributed by atoms with Crippen molar-refractivity contribution in [1.82, 2.24) is 4.98 Å². The van der Waals surface area contributed by atoms with E-state index < -0.39 is 0 Å². The molecule has 0 aliphatic heterocycles. The molecule has 2 N–H and O–H groups in total. The summed E-state index contributed by atoms with van der Waals surface area (Å²) in [6, 6.07) is 4.67. The molecular formula is C12H12ClFN2S. The molecule has 17 heavy (non-hydrogen) atoms. The van der Waals surface area contributed by atoms with Gasteiger partial charge in [-0.1, -0.05) is 17.7 Å². The number of nitrogens with zero attached hydrogens (tertiary/aromatic N) is 1. The van der Waals surface area contributed by atoms with Gasteiger partial charge in [0.05, 0.1) is 16.3 Å². The molecule has 2 nitrogen and oxygen atoms in total. The highest BCUT2D eigenvalue weighted by molar-refractivity contribution is 7.13. The number of thiazole rings is 1. The number of aromatic nitrogens is 1. The molecule has 0 aliphatic rings. The van der Waals surface area contributed by atoms with Crippen molar-refractivity contribution in [3.63, 3.8) is 0 Å². The molecule has 2 rings (SSSR count). The van der Waals surface area contributed by atoms with E-state index in [1.54, 1.807) is 12.1 Å². The molecule has 0 amide bonds. The second kappa shape index (κ2) is 5.12. The first-order chi connectivity index (χ1) is 8.08. The third-order valence-corrected chi connectivity index (χ3v) is 3.48. The van der Waals surface area contributed by atoms with Crippen LogP contribution in [0.5, 0.6) is 0 Å². The normalized spacial score (nSPS) is 12.7. The van der Waals surface area contributed by atoms with E-state index in [0.29, 0.717) is 22.0 Å². The van der Waals surface area contributed by atoms with Gasteiger partial charge in [0.15, 0.2) is 0 Å². The highest BCUT2D eigenvalue weighted by atomic mass is 35.5. The molecule has 1 heterocycles. The molecule has 1 aromatic heterocycles. The fourth-order valence-electron chi connectivity index (χ4n) is 1.55. The summed E-state index contributed by atoms with van der Waals surface area (Å²) in [6.07, 6.45) is 0.683. The zero-order valence-corrected chi connectivity index (χ0v) is 10.9. The van der Waals surface area contributed by atoms with E-state index in [9.17, 15) is 4.39 Å². The topological polar surface area (TPSA) is 38.9 Å². The van der Waals surface area contributed by atoms with Crippen molar-refractivity contribution < 1.29 is 4.39 Å². The first-order valence-electron chi connectivity index (χ1n) is 5.22. The van der Waals surface area contributed by atoms with Gasteiger partial charge in [0, 0.05) is 17.8 Å². The number of hydrogen-bond donors (Lipinski definition) is 1. The van der Waals surface area contributed by atoms with Gasteiger partial charge >= 0.3 is 0 Å². The second-order valence-electron chi connectivity index (χ2n) is 3.92. The third-order valence-electron chi connectivity index (χ3n) is 2.26. The van der Waals surface area contributed by atoms with Crippen LogP contribution in [-0.2, 0) is 6.42 Å². The average molecular weight is 271 g/mol. The monoisotopic (exact) mass is 270 g/mol. The summed E-state index contributed by atoms with van der Waals surface area (Å²) < 4.78 is 13.7. The maximum absolute atomic E-state index is 13.7. The first-order valence-corrected chi connectivity index (χ1v) is 6.48. The van der Waals surface area contributed by atoms with Gasteiger partial charge in [-0.25, -0.2) is 9.37 Å². The minimum atomic E-state index is -0.348. The zero-order chi connectivity index (χ0) is 12.4. The van der Waals surface area contributed by atoms with Crippen molar-refractivity contribution in [1.29, 1.82) is 0 Å². The van der Waals surface area contributed by atoms with Crippen LogP contribution in [0.1, 0.15) is 12.6 Å². The third kappa shape index (κ3) is 2.83. The Kier molecular flexibility index (Phi) is 3.76. The Hall–Kier alpha value is -0.970. The number of hydrogen-bond acceptors (Lipinski definition) is 3. The van der Waals surface area contributed by atoms with E-state index >= 15 is 0 Å². The Morgan fingerprint density at radius 2 is 2.29 bits per heavy atom. The van der Waals surface area contributed by atoms with Crippen LogP contribution in [0.2, 0.25) is 5.02 Å². The summed E-state index contributed by atoms with van der Waals surface area (Å²) in [6.45, 7) is 1.91. The maximum Gasteiger partial charge on any atom is 0.134 e. The molecular weight excluding hydrogens is 259 g/mol. The molecule has 0 aliphatic carbocycles. The van der Waals surface area contributed by atoms with Crippen molar-refractivity contribution >= 4 is 22.9 Å². The minimum Gasteiger partial charge on any atom is -0.328 e. The van der Waals surface area contributed by atoms with Crippen LogP contribution < -0.4 is 5.73 Å². The number of rotatable bonds is 3. The van der Waals surface area contributed by atoms with Gasteiger partial charge in [-0.2, -0.15) is 0 Å². The van der Waals surface area contributed by atoms with E-state index in [2.05, 4.69) is 4.98 Å². The Balaban J connectivity index is 2.37. The Labute approximate surface area is 108 Å². The number of nitrogens with two attached hydrogens (primary N) is 1. The van der Waals surface area contributed by atoms with Crippen molar-refractivity contribution in [2.75, 3.05) is 0 Å². The van der Waals surface area contributed by atoms with Crippen molar-refractivity contribution in [2.45, 2.75) is 19.4 Å². The lowest BCUT2D eigenvalue weighted by Crippen LogP contribution is -2.17. The molecule has 0 radical (unpaired) electrons. The Morgan fingerprint density at radius 3 is 2.94 bits per heavy atom. The Bertz CT molecular complexity index is 505. The number of halogens is 2. The zero-order valence-electron chi connectivity index (χ0n) is 9.28. The quantitative estimate of drug-likeness (QED) is 0.927. The van der Waals surface area contributed by atoms with Crippen molar-refractivity contribution in [3.05, 3.63) is 40.1 Å². The van der Waals surface area contributed by atoms with Gasteiger partial charge in [-0.3, -0.25) is 0 Å². The van der Waals surface area contributed by atoms with Crippen LogP contribution in [0.4, 0.5) is 4.39 Å². The van der Waals surface area contributed by atoms with Crippen LogP contribution in [0, 0.1) is 5.82 Å². The average Bonchev–Trinajstić information content (AvgIpc) is 2.65. The summed E-state index contributed by atoms with van der Waals surface area (Å²) >= 11 is 7.36. The smallest absolute Gasteiger partial charge is 0.134 e. The molecule has 2 aromatic rings. The van der Waals surface area contributed by atoms with Crippen LogP contribution in [-0.4, -0.2) is 11.0 Å². The van der Waals surface area contributed by atoms with E-state index in [1.165, 1.54) is 17.4 Å². The van der Waals surface area contributed by atoms with Crippen LogP contribution in [0.3, 0.4) is 0 Å². The summed E-state index contributed by atoms with van der Waals surface area (Å²) in [5.41, 5.74) is 6.94. The molecule has 0 saturated carbocycles. The summed E-state index contributed by atoms with van der Waals surface area (Å²) in [5, 5.41) is 2.87. The molecule has 0 saturated heterocycles. The fraction of sp³-hybridized carbons (Fsp3) is 0.250. The van der Waals surface area contributed by atoms with Crippen molar-refractivity contribution in [2.24, 2.45) is 5.73 Å². The molecule has 1 aromatic carbocycles. The largest absolute Gasteiger partial charge is 0.328 e. The van der Waals surface area contributed by atoms with Gasteiger partial charge in [-0.05, 0) is 19.1 Å². The number of benzene rings is 1. The predicted octanol–water partition coefficient (Wildman–Crippen LogP) is 3.49. The maximum atomic E-state index is 13.7. The van der Waals surface area contributed by atoms with Crippen LogP contribution >= 0.6 is 22.9 Å². The SMILES string of the molecule is CC(N)Cc1csc(-c2c(F)cccc2Cl)n1. The minimum absolute atomic E-state index is 0.0426. The van der Waals surface area contributed by atoms with E-state index in [-0.39, 0.29) is 11.9 Å². The van der Waals surface area contributed by atoms with Crippen LogP contribution in [0.25, 0.3) is 10.6 Å². The first kappa shape index (κ1) is 12.5. The summed E-state index contributed by atoms with van der Waals surface area (Å²) in [5.74, 6) is -0.348. The lowest BCUT2D eigenvalue weighted by molar-refractivity contribution is 0.631. The van der Waals surface area contributed by atoms with Crippen LogP contribution in [0.15, 0.2) is 23.6 Å². The van der Waals surface area contributed by atoms with Gasteiger partial charge < -0.3 is 5.73 Å². The molecule has 1 unspecified atom stereocenters. The van der Waals surface area contributed by atoms with Gasteiger partial charge in [-0.15, -0.1) is 11.3 Å². The predicted molar refractivity (Wildman–Crippen MR) is 69.9 cm³/mol. The highest BCUT2D eigenvalue weighted by Gasteiger charge is 2.13. The molecule has 0 fully saturated rings. The summed E-state index contributed by atoms with van der Waals surface area (Å²) in [4.78, 5) is 4.36. The lowest BCUT2D eigenvalue weighted by atomic mass is 10.2. The van der Waals surface area contributed by atoms with Gasteiger partial charge in [0.2, 0.25) is 0 Å². The van der Waals surface area contributed by atoms with Gasteiger partial charge in [0.25, 0.3) is 0 Å². The Morgan fingerprint density at radius 1 is 1.53 bits per heavy atom. The van der Waals surface area contributed by atoms with E-state index in [0.717, 1.165) is 5.69 Å². The lowest BCUT2D eigenvalue weighted by Gasteiger charge is -2.02. The molecule has 1 atom stereocenters. The molecule has 90 valence electrons. The molecule has 5 heteroatoms. The molecule has 0 bridgehead atoms. The summed E-state index contributed by atoms with van der Waals surface area (Å²) in [7, 11) is 0. The van der Waals surface area contributed by atoms with Crippen molar-refractivity contribution in [3.8, 4) is 10.6 Å². The van der Waals surface area contributed by atoms with E-state index in [1.807, 2.05) is 12.3 Å². The molecule has 0 spiro atoms. The fourth-order valence-corrected chi connectivity index (χ4v) is 2.75. The second-order valence-corrected chi connectivity index (χ2v) is 5.19. The highest BCUT2D eigenvalue weighted by Crippen LogP contribution is 2.32. The standard InChI is InChI=1S/C12H12ClFN2S/c1-7(15)5-8-6-17-12(16-8)11-9(13)3-2-4-10(11)14/h2-4,6-7H,5,15H2,1H3. The van der Waals surface area contributed by atoms with E-state index in [4.69, 9.17) is 17.3 Å².